The summed E-state index contributed by atoms with van der Waals surface area (Å²) in [5.41, 5.74) is 5.83. The number of nitrogen functional groups attached to an aromatic ring is 1. The highest BCUT2D eigenvalue weighted by atomic mass is 16.7. The van der Waals surface area contributed by atoms with E-state index in [0.717, 1.165) is 0 Å². The second-order valence-corrected chi connectivity index (χ2v) is 5.51. The molecule has 26 heavy (non-hydrogen) atoms. The van der Waals surface area contributed by atoms with Gasteiger partial charge in [-0.3, -0.25) is 19.0 Å². The molecule has 1 aromatic heterocycles. The lowest BCUT2D eigenvalue weighted by molar-refractivity contribution is -0.166. The molecule has 1 fully saturated rings. The molecule has 2 N–H and O–H groups in total. The van der Waals surface area contributed by atoms with Crippen LogP contribution in [0.1, 0.15) is 32.7 Å². The summed E-state index contributed by atoms with van der Waals surface area (Å²) in [5, 5.41) is 9.00. The minimum absolute atomic E-state index is 0.00985. The largest absolute Gasteiger partial charge is 0.463 e. The zero-order valence-corrected chi connectivity index (χ0v) is 14.4. The van der Waals surface area contributed by atoms with Crippen LogP contribution in [0.3, 0.4) is 0 Å². The monoisotopic (exact) mass is 366 g/mol. The van der Waals surface area contributed by atoms with E-state index in [1.165, 1.54) is 31.7 Å². The number of rotatable bonds is 5. The van der Waals surface area contributed by atoms with Crippen LogP contribution in [0, 0.1) is 11.3 Å². The topological polar surface area (TPSA) is 156 Å². The molecule has 1 aliphatic heterocycles. The summed E-state index contributed by atoms with van der Waals surface area (Å²) in [7, 11) is 0. The smallest absolute Gasteiger partial charge is 0.303 e. The molecule has 0 aromatic carbocycles. The first-order chi connectivity index (χ1) is 12.2. The molecular formula is C15H18N4O7. The van der Waals surface area contributed by atoms with Crippen LogP contribution in [-0.4, -0.2) is 52.4 Å². The number of imidazole rings is 1. The average Bonchev–Trinajstić information content (AvgIpc) is 3.06. The second-order valence-electron chi connectivity index (χ2n) is 5.51. The van der Waals surface area contributed by atoms with Crippen LogP contribution in [0.5, 0.6) is 0 Å². The molecule has 140 valence electrons. The number of hydrogen-bond donors (Lipinski definition) is 1. The Morgan fingerprint density at radius 2 is 1.85 bits per heavy atom. The Labute approximate surface area is 148 Å². The molecule has 0 spiro atoms. The van der Waals surface area contributed by atoms with E-state index in [1.54, 1.807) is 0 Å². The van der Waals surface area contributed by atoms with E-state index in [2.05, 4.69) is 4.98 Å². The molecule has 1 saturated heterocycles. The maximum Gasteiger partial charge on any atom is 0.303 e. The van der Waals surface area contributed by atoms with Gasteiger partial charge in [-0.15, -0.1) is 0 Å². The van der Waals surface area contributed by atoms with Crippen LogP contribution in [-0.2, 0) is 33.3 Å². The van der Waals surface area contributed by atoms with Gasteiger partial charge in [0.2, 0.25) is 0 Å². The number of nitrogens with two attached hydrogens (primary N) is 1. The number of carbonyl (C=O) groups excluding carboxylic acids is 3. The van der Waals surface area contributed by atoms with Gasteiger partial charge in [0.15, 0.2) is 24.1 Å². The average molecular weight is 366 g/mol. The van der Waals surface area contributed by atoms with Crippen molar-refractivity contribution in [3.63, 3.8) is 0 Å². The predicted octanol–water partition coefficient (Wildman–Crippen LogP) is -0.339. The Morgan fingerprint density at radius 1 is 1.23 bits per heavy atom. The lowest BCUT2D eigenvalue weighted by Crippen LogP contribution is -2.40. The number of hydrogen-bond acceptors (Lipinski definition) is 10. The highest BCUT2D eigenvalue weighted by molar-refractivity contribution is 5.68. The molecule has 11 heteroatoms. The van der Waals surface area contributed by atoms with Crippen molar-refractivity contribution in [2.24, 2.45) is 0 Å². The van der Waals surface area contributed by atoms with Crippen LogP contribution >= 0.6 is 0 Å². The third kappa shape index (κ3) is 4.09. The standard InChI is InChI=1S/C15H18N4O7/c1-7(20)23-5-11-12(24-8(2)21)13(25-9(3)22)15(26-11)19-6-18-10(4-16)14(19)17/h6,11-13,15H,5,17H2,1-3H3. The maximum atomic E-state index is 11.5. The molecule has 2 heterocycles. The Hall–Kier alpha value is -3.13. The molecule has 0 radical (unpaired) electrons. The van der Waals surface area contributed by atoms with E-state index in [4.69, 9.17) is 29.9 Å². The zero-order valence-electron chi connectivity index (χ0n) is 14.4. The van der Waals surface area contributed by atoms with Crippen molar-refractivity contribution in [1.82, 2.24) is 9.55 Å². The summed E-state index contributed by atoms with van der Waals surface area (Å²) in [6, 6.07) is 1.81. The van der Waals surface area contributed by atoms with Crippen molar-refractivity contribution < 1.29 is 33.3 Å². The van der Waals surface area contributed by atoms with Crippen LogP contribution in [0.15, 0.2) is 6.33 Å². The molecule has 11 nitrogen and oxygen atoms in total. The van der Waals surface area contributed by atoms with Gasteiger partial charge in [-0.1, -0.05) is 0 Å². The molecule has 0 aliphatic carbocycles. The first-order valence-corrected chi connectivity index (χ1v) is 7.60. The summed E-state index contributed by atoms with van der Waals surface area (Å²) in [5.74, 6) is -1.85. The van der Waals surface area contributed by atoms with Gasteiger partial charge in [-0.05, 0) is 0 Å². The predicted molar refractivity (Wildman–Crippen MR) is 83.0 cm³/mol. The summed E-state index contributed by atoms with van der Waals surface area (Å²) < 4.78 is 22.5. The zero-order chi connectivity index (χ0) is 19.4. The number of aromatic nitrogens is 2. The molecule has 1 aromatic rings. The van der Waals surface area contributed by atoms with Crippen molar-refractivity contribution in [2.75, 3.05) is 12.3 Å². The van der Waals surface area contributed by atoms with Crippen molar-refractivity contribution in [3.8, 4) is 6.07 Å². The second kappa shape index (κ2) is 7.83. The Morgan fingerprint density at radius 3 is 2.35 bits per heavy atom. The molecule has 0 saturated carbocycles. The summed E-state index contributed by atoms with van der Waals surface area (Å²) >= 11 is 0. The van der Waals surface area contributed by atoms with Crippen LogP contribution < -0.4 is 5.73 Å². The third-order valence-electron chi connectivity index (χ3n) is 3.55. The maximum absolute atomic E-state index is 11.5. The van der Waals surface area contributed by atoms with Crippen LogP contribution in [0.2, 0.25) is 0 Å². The quantitative estimate of drug-likeness (QED) is 0.540. The van der Waals surface area contributed by atoms with Gasteiger partial charge in [0.1, 0.15) is 30.9 Å². The molecule has 0 bridgehead atoms. The van der Waals surface area contributed by atoms with Crippen LogP contribution in [0.25, 0.3) is 0 Å². The first-order valence-electron chi connectivity index (χ1n) is 7.60. The SMILES string of the molecule is CC(=O)OCC1OC(n2cnc(C#N)c2N)C(OC(C)=O)C1OC(C)=O. The number of esters is 3. The number of ether oxygens (including phenoxy) is 4. The fraction of sp³-hybridized carbons (Fsp3) is 0.533. The van der Waals surface area contributed by atoms with Crippen LogP contribution in [0.4, 0.5) is 5.82 Å². The van der Waals surface area contributed by atoms with Gasteiger partial charge in [-0.2, -0.15) is 5.26 Å². The Kier molecular flexibility index (Phi) is 5.78. The van der Waals surface area contributed by atoms with Crippen molar-refractivity contribution >= 4 is 23.7 Å². The van der Waals surface area contributed by atoms with Gasteiger partial charge >= 0.3 is 17.9 Å². The fourth-order valence-electron chi connectivity index (χ4n) is 2.58. The number of nitrogens with zero attached hydrogens (tertiary/aromatic N) is 3. The van der Waals surface area contributed by atoms with Gasteiger partial charge in [0, 0.05) is 20.8 Å². The van der Waals surface area contributed by atoms with Crippen molar-refractivity contribution in [3.05, 3.63) is 12.0 Å². The number of anilines is 1. The molecule has 0 amide bonds. The van der Waals surface area contributed by atoms with Crippen molar-refractivity contribution in [2.45, 2.75) is 45.3 Å². The fourth-order valence-corrected chi connectivity index (χ4v) is 2.58. The van der Waals surface area contributed by atoms with Gasteiger partial charge in [0.25, 0.3) is 0 Å². The minimum atomic E-state index is -1.08. The van der Waals surface area contributed by atoms with E-state index in [9.17, 15) is 14.4 Å². The number of carbonyl (C=O) groups is 3. The van der Waals surface area contributed by atoms with E-state index in [-0.39, 0.29) is 18.1 Å². The van der Waals surface area contributed by atoms with E-state index in [1.807, 2.05) is 6.07 Å². The van der Waals surface area contributed by atoms with Gasteiger partial charge in [-0.25, -0.2) is 4.98 Å². The van der Waals surface area contributed by atoms with E-state index < -0.39 is 42.4 Å². The lowest BCUT2D eigenvalue weighted by Gasteiger charge is -2.24. The highest BCUT2D eigenvalue weighted by Crippen LogP contribution is 2.36. The van der Waals surface area contributed by atoms with Gasteiger partial charge < -0.3 is 24.7 Å². The lowest BCUT2D eigenvalue weighted by atomic mass is 10.1. The van der Waals surface area contributed by atoms with Crippen molar-refractivity contribution in [1.29, 1.82) is 5.26 Å². The summed E-state index contributed by atoms with van der Waals surface area (Å²) in [6.45, 7) is 3.34. The minimum Gasteiger partial charge on any atom is -0.463 e. The third-order valence-corrected chi connectivity index (χ3v) is 3.55. The Bertz CT molecular complexity index is 754. The normalized spacial score (nSPS) is 24.5. The summed E-state index contributed by atoms with van der Waals surface area (Å²) in [4.78, 5) is 37.9. The number of nitriles is 1. The first kappa shape index (κ1) is 19.2. The molecule has 4 unspecified atom stereocenters. The molecule has 4 atom stereocenters. The summed E-state index contributed by atoms with van der Waals surface area (Å²) in [6.07, 6.45) is -2.83. The van der Waals surface area contributed by atoms with E-state index >= 15 is 0 Å². The Balaban J connectivity index is 2.39. The molecular weight excluding hydrogens is 348 g/mol. The highest BCUT2D eigenvalue weighted by Gasteiger charge is 2.51. The van der Waals surface area contributed by atoms with Gasteiger partial charge in [0.05, 0.1) is 0 Å². The molecule has 1 aliphatic rings. The molecule has 2 rings (SSSR count). The van der Waals surface area contributed by atoms with E-state index in [0.29, 0.717) is 0 Å².